The Balaban J connectivity index is 1.64. The highest BCUT2D eigenvalue weighted by atomic mass is 19.1. The molecule has 0 spiro atoms. The lowest BCUT2D eigenvalue weighted by Crippen LogP contribution is -2.57. The van der Waals surface area contributed by atoms with Crippen molar-refractivity contribution in [2.24, 2.45) is 11.8 Å². The molecule has 2 N–H and O–H groups in total. The van der Waals surface area contributed by atoms with Gasteiger partial charge in [0.05, 0.1) is 0 Å². The lowest BCUT2D eigenvalue weighted by Gasteiger charge is -2.38. The Morgan fingerprint density at radius 1 is 1.08 bits per heavy atom. The van der Waals surface area contributed by atoms with Crippen molar-refractivity contribution in [3.8, 4) is 0 Å². The van der Waals surface area contributed by atoms with Crippen LogP contribution in [0.1, 0.15) is 31.2 Å². The van der Waals surface area contributed by atoms with Crippen LogP contribution in [-0.2, 0) is 11.2 Å². The number of piperidine rings is 1. The largest absolute Gasteiger partial charge is 0.325 e. The molecule has 1 atom stereocenters. The van der Waals surface area contributed by atoms with E-state index >= 15 is 0 Å². The number of hydrogen-bond acceptors (Lipinski definition) is 3. The average molecular weight is 345 g/mol. The van der Waals surface area contributed by atoms with Gasteiger partial charge in [-0.3, -0.25) is 9.69 Å². The van der Waals surface area contributed by atoms with Gasteiger partial charge in [-0.2, -0.15) is 0 Å². The number of imide groups is 1. The van der Waals surface area contributed by atoms with Crippen LogP contribution in [0.15, 0.2) is 24.3 Å². The Kier molecular flexibility index (Phi) is 4.23. The predicted octanol–water partition coefficient (Wildman–Crippen LogP) is 2.07. The van der Waals surface area contributed by atoms with Crippen molar-refractivity contribution < 1.29 is 14.0 Å². The Hall–Kier alpha value is -1.95. The average Bonchev–Trinajstić information content (AvgIpc) is 3.41. The first-order valence-corrected chi connectivity index (χ1v) is 9.18. The number of hydrogen-bond donors (Lipinski definition) is 2. The van der Waals surface area contributed by atoms with Gasteiger partial charge in [0.25, 0.3) is 5.91 Å². The number of halogens is 1. The van der Waals surface area contributed by atoms with Crippen molar-refractivity contribution in [3.63, 3.8) is 0 Å². The van der Waals surface area contributed by atoms with Crippen molar-refractivity contribution in [1.82, 2.24) is 15.5 Å². The first-order valence-electron chi connectivity index (χ1n) is 9.18. The molecule has 0 aromatic heterocycles. The minimum absolute atomic E-state index is 0.0966. The van der Waals surface area contributed by atoms with Crippen LogP contribution in [-0.4, -0.2) is 42.0 Å². The van der Waals surface area contributed by atoms with Gasteiger partial charge in [0.15, 0.2) is 0 Å². The molecule has 2 heterocycles. The molecule has 1 aromatic rings. The van der Waals surface area contributed by atoms with E-state index in [0.29, 0.717) is 18.9 Å². The van der Waals surface area contributed by atoms with Crippen LogP contribution in [0, 0.1) is 17.7 Å². The number of nitrogens with zero attached hydrogens (tertiary/aromatic N) is 1. The van der Waals surface area contributed by atoms with Crippen LogP contribution in [0.25, 0.3) is 0 Å². The molecule has 0 bridgehead atoms. The van der Waals surface area contributed by atoms with Crippen LogP contribution in [0.5, 0.6) is 0 Å². The van der Waals surface area contributed by atoms with Gasteiger partial charge in [0.1, 0.15) is 11.4 Å². The minimum atomic E-state index is -0.897. The molecule has 1 aromatic carbocycles. The highest BCUT2D eigenvalue weighted by Gasteiger charge is 2.56. The molecule has 2 saturated heterocycles. The number of carbonyl (C=O) groups is 2. The maximum absolute atomic E-state index is 13.3. The van der Waals surface area contributed by atoms with Gasteiger partial charge in [-0.15, -0.1) is 0 Å². The zero-order chi connectivity index (χ0) is 17.4. The Bertz CT molecular complexity index is 668. The molecule has 5 nitrogen and oxygen atoms in total. The Labute approximate surface area is 147 Å². The van der Waals surface area contributed by atoms with E-state index in [9.17, 15) is 14.0 Å². The zero-order valence-electron chi connectivity index (χ0n) is 14.3. The summed E-state index contributed by atoms with van der Waals surface area (Å²) in [4.78, 5) is 27.3. The van der Waals surface area contributed by atoms with Gasteiger partial charge >= 0.3 is 6.03 Å². The van der Waals surface area contributed by atoms with Crippen LogP contribution in [0.2, 0.25) is 0 Å². The summed E-state index contributed by atoms with van der Waals surface area (Å²) in [6.45, 7) is 2.23. The fraction of sp³-hybridized carbons (Fsp3) is 0.579. The van der Waals surface area contributed by atoms with Crippen molar-refractivity contribution in [3.05, 3.63) is 35.6 Å². The number of benzene rings is 1. The fourth-order valence-corrected chi connectivity index (χ4v) is 4.15. The monoisotopic (exact) mass is 345 g/mol. The minimum Gasteiger partial charge on any atom is -0.322 e. The topological polar surface area (TPSA) is 61.4 Å². The van der Waals surface area contributed by atoms with Crippen molar-refractivity contribution >= 4 is 11.9 Å². The smallest absolute Gasteiger partial charge is 0.322 e. The van der Waals surface area contributed by atoms with Gasteiger partial charge in [0, 0.05) is 13.0 Å². The molecule has 2 aliphatic heterocycles. The highest BCUT2D eigenvalue weighted by Crippen LogP contribution is 2.37. The van der Waals surface area contributed by atoms with Crippen LogP contribution < -0.4 is 10.6 Å². The third-order valence-electron chi connectivity index (χ3n) is 5.77. The summed E-state index contributed by atoms with van der Waals surface area (Å²) in [5, 5.41) is 6.37. The second-order valence-corrected chi connectivity index (χ2v) is 7.59. The number of rotatable bonds is 5. The summed E-state index contributed by atoms with van der Waals surface area (Å²) in [7, 11) is 0. The molecule has 134 valence electrons. The molecule has 3 amide bonds. The Morgan fingerprint density at radius 3 is 2.40 bits per heavy atom. The predicted molar refractivity (Wildman–Crippen MR) is 91.4 cm³/mol. The molecule has 0 radical (unpaired) electrons. The van der Waals surface area contributed by atoms with Gasteiger partial charge in [-0.25, -0.2) is 9.18 Å². The molecule has 6 heteroatoms. The van der Waals surface area contributed by atoms with Crippen molar-refractivity contribution in [2.75, 3.05) is 19.6 Å². The fourth-order valence-electron chi connectivity index (χ4n) is 4.15. The quantitative estimate of drug-likeness (QED) is 0.803. The lowest BCUT2D eigenvalue weighted by molar-refractivity contribution is -0.133. The van der Waals surface area contributed by atoms with Gasteiger partial charge in [-0.1, -0.05) is 12.1 Å². The summed E-state index contributed by atoms with van der Waals surface area (Å²) >= 11 is 0. The van der Waals surface area contributed by atoms with E-state index in [-0.39, 0.29) is 23.7 Å². The van der Waals surface area contributed by atoms with Gasteiger partial charge < -0.3 is 10.6 Å². The summed E-state index contributed by atoms with van der Waals surface area (Å²) in [5.41, 5.74) is -0.0202. The van der Waals surface area contributed by atoms with Crippen LogP contribution in [0.3, 0.4) is 0 Å². The summed E-state index contributed by atoms with van der Waals surface area (Å²) in [6, 6.07) is 5.98. The molecule has 3 fully saturated rings. The SMILES string of the molecule is O=C1NC(Cc2ccc(F)cc2)(C2CCNCC2)C(=O)N1CC1CC1. The number of carbonyl (C=O) groups excluding carboxylic acids is 2. The lowest BCUT2D eigenvalue weighted by atomic mass is 9.74. The molecule has 1 saturated carbocycles. The summed E-state index contributed by atoms with van der Waals surface area (Å²) in [6.07, 6.45) is 4.31. The number of amides is 3. The van der Waals surface area contributed by atoms with E-state index in [4.69, 9.17) is 0 Å². The van der Waals surface area contributed by atoms with Crippen molar-refractivity contribution in [2.45, 2.75) is 37.6 Å². The van der Waals surface area contributed by atoms with E-state index in [1.54, 1.807) is 12.1 Å². The van der Waals surface area contributed by atoms with E-state index in [2.05, 4.69) is 10.6 Å². The molecular weight excluding hydrogens is 321 g/mol. The third-order valence-corrected chi connectivity index (χ3v) is 5.77. The molecule has 1 aliphatic carbocycles. The normalized spacial score (nSPS) is 27.6. The van der Waals surface area contributed by atoms with E-state index in [1.165, 1.54) is 17.0 Å². The standard InChI is InChI=1S/C19H24FN3O2/c20-16-5-3-13(4-6-16)11-19(15-7-9-21-10-8-15)17(24)23(18(25)22-19)12-14-1-2-14/h3-6,14-15,21H,1-2,7-12H2,(H,22,25). The maximum Gasteiger partial charge on any atom is 0.325 e. The third kappa shape index (κ3) is 3.15. The number of urea groups is 1. The van der Waals surface area contributed by atoms with Crippen LogP contribution in [0.4, 0.5) is 9.18 Å². The first kappa shape index (κ1) is 16.5. The molecule has 1 unspecified atom stereocenters. The van der Waals surface area contributed by atoms with E-state index < -0.39 is 5.54 Å². The molecule has 25 heavy (non-hydrogen) atoms. The molecule has 3 aliphatic rings. The van der Waals surface area contributed by atoms with Gasteiger partial charge in [-0.05, 0) is 68.3 Å². The maximum atomic E-state index is 13.3. The summed E-state index contributed by atoms with van der Waals surface area (Å²) in [5.74, 6) is 0.168. The second-order valence-electron chi connectivity index (χ2n) is 7.59. The molecular formula is C19H24FN3O2. The van der Waals surface area contributed by atoms with Crippen molar-refractivity contribution in [1.29, 1.82) is 0 Å². The van der Waals surface area contributed by atoms with E-state index in [0.717, 1.165) is 44.3 Å². The van der Waals surface area contributed by atoms with Gasteiger partial charge in [0.2, 0.25) is 0 Å². The molecule has 4 rings (SSSR count). The summed E-state index contributed by atoms with van der Waals surface area (Å²) < 4.78 is 13.2. The van der Waals surface area contributed by atoms with Crippen LogP contribution >= 0.6 is 0 Å². The second kappa shape index (κ2) is 6.41. The Morgan fingerprint density at radius 2 is 1.76 bits per heavy atom. The van der Waals surface area contributed by atoms with E-state index in [1.807, 2.05) is 0 Å². The zero-order valence-corrected chi connectivity index (χ0v) is 14.3. The number of nitrogens with one attached hydrogen (secondary N) is 2. The highest BCUT2D eigenvalue weighted by molar-refractivity contribution is 6.07. The first-order chi connectivity index (χ1) is 12.1.